The Morgan fingerprint density at radius 3 is 2.86 bits per heavy atom. The number of nitrogens with zero attached hydrogens (tertiary/aromatic N) is 1. The van der Waals surface area contributed by atoms with E-state index in [4.69, 9.17) is 21.6 Å². The van der Waals surface area contributed by atoms with Crippen LogP contribution in [0.25, 0.3) is 5.57 Å². The maximum absolute atomic E-state index is 8.63. The Bertz CT molecular complexity index is 393. The Hall–Kier alpha value is -1.46. The summed E-state index contributed by atoms with van der Waals surface area (Å²) in [5.74, 6) is 0.628. The number of nitriles is 1. The van der Waals surface area contributed by atoms with Gasteiger partial charge in [0.05, 0.1) is 23.3 Å². The number of halogens is 1. The van der Waals surface area contributed by atoms with Crippen LogP contribution in [-0.2, 0) is 0 Å². The van der Waals surface area contributed by atoms with E-state index in [0.717, 1.165) is 5.56 Å². The molecule has 0 heterocycles. The van der Waals surface area contributed by atoms with Gasteiger partial charge in [0.25, 0.3) is 0 Å². The predicted octanol–water partition coefficient (Wildman–Crippen LogP) is 3.28. The molecule has 2 nitrogen and oxygen atoms in total. The van der Waals surface area contributed by atoms with E-state index in [1.54, 1.807) is 18.2 Å². The summed E-state index contributed by atoms with van der Waals surface area (Å²) in [5, 5.41) is 9.13. The first kappa shape index (κ1) is 10.6. The third-order valence-corrected chi connectivity index (χ3v) is 2.01. The van der Waals surface area contributed by atoms with Crippen molar-refractivity contribution >= 4 is 17.2 Å². The number of allylic oxidation sites excluding steroid dienone is 1. The molecule has 0 fully saturated rings. The Balaban J connectivity index is 3.01. The van der Waals surface area contributed by atoms with E-state index in [1.807, 2.05) is 13.0 Å². The van der Waals surface area contributed by atoms with Crippen LogP contribution in [0.2, 0.25) is 5.02 Å². The molecule has 0 atom stereocenters. The van der Waals surface area contributed by atoms with E-state index in [2.05, 4.69) is 6.58 Å². The van der Waals surface area contributed by atoms with E-state index in [-0.39, 0.29) is 0 Å². The van der Waals surface area contributed by atoms with Crippen molar-refractivity contribution < 1.29 is 4.74 Å². The molecule has 0 spiro atoms. The van der Waals surface area contributed by atoms with Gasteiger partial charge in [-0.25, -0.2) is 0 Å². The third-order valence-electron chi connectivity index (χ3n) is 1.72. The monoisotopic (exact) mass is 207 g/mol. The predicted molar refractivity (Wildman–Crippen MR) is 57.3 cm³/mol. The lowest BCUT2D eigenvalue weighted by atomic mass is 10.1. The molecule has 0 aliphatic heterocycles. The Morgan fingerprint density at radius 1 is 1.64 bits per heavy atom. The molecule has 0 radical (unpaired) electrons. The second kappa shape index (κ2) is 4.69. The van der Waals surface area contributed by atoms with Gasteiger partial charge in [0.2, 0.25) is 0 Å². The second-order valence-electron chi connectivity index (χ2n) is 2.67. The lowest BCUT2D eigenvalue weighted by Crippen LogP contribution is -1.92. The molecule has 1 aromatic rings. The SMILES string of the molecule is C=C(C#N)c1ccc(OCC)c(Cl)c1. The molecule has 14 heavy (non-hydrogen) atoms. The number of rotatable bonds is 3. The van der Waals surface area contributed by atoms with Gasteiger partial charge >= 0.3 is 0 Å². The highest BCUT2D eigenvalue weighted by Crippen LogP contribution is 2.27. The van der Waals surface area contributed by atoms with Crippen LogP contribution in [0.3, 0.4) is 0 Å². The van der Waals surface area contributed by atoms with Crippen molar-refractivity contribution in [2.45, 2.75) is 6.92 Å². The third kappa shape index (κ3) is 2.27. The Morgan fingerprint density at radius 2 is 2.36 bits per heavy atom. The molecule has 1 rings (SSSR count). The van der Waals surface area contributed by atoms with Crippen molar-refractivity contribution in [3.05, 3.63) is 35.4 Å². The smallest absolute Gasteiger partial charge is 0.137 e. The number of ether oxygens (including phenoxy) is 1. The Kier molecular flexibility index (Phi) is 3.55. The van der Waals surface area contributed by atoms with Crippen LogP contribution in [0.15, 0.2) is 24.8 Å². The maximum atomic E-state index is 8.63. The van der Waals surface area contributed by atoms with Crippen molar-refractivity contribution in [1.29, 1.82) is 5.26 Å². The second-order valence-corrected chi connectivity index (χ2v) is 3.08. The minimum Gasteiger partial charge on any atom is -0.492 e. The maximum Gasteiger partial charge on any atom is 0.137 e. The van der Waals surface area contributed by atoms with Crippen molar-refractivity contribution in [1.82, 2.24) is 0 Å². The highest BCUT2D eigenvalue weighted by atomic mass is 35.5. The molecule has 0 saturated carbocycles. The van der Waals surface area contributed by atoms with E-state index < -0.39 is 0 Å². The van der Waals surface area contributed by atoms with Crippen LogP contribution in [0.4, 0.5) is 0 Å². The van der Waals surface area contributed by atoms with Crippen LogP contribution in [0.5, 0.6) is 5.75 Å². The molecule has 0 aromatic heterocycles. The molecule has 1 aromatic carbocycles. The first-order chi connectivity index (χ1) is 6.69. The molecule has 0 aliphatic rings. The van der Waals surface area contributed by atoms with Gasteiger partial charge in [-0.15, -0.1) is 0 Å². The summed E-state index contributed by atoms with van der Waals surface area (Å²) in [7, 11) is 0. The summed E-state index contributed by atoms with van der Waals surface area (Å²) >= 11 is 5.93. The number of benzene rings is 1. The summed E-state index contributed by atoms with van der Waals surface area (Å²) in [6, 6.07) is 7.15. The Labute approximate surface area is 88.4 Å². The number of hydrogen-bond acceptors (Lipinski definition) is 2. The molecule has 0 bridgehead atoms. The fourth-order valence-electron chi connectivity index (χ4n) is 1.03. The molecule has 72 valence electrons. The van der Waals surface area contributed by atoms with Crippen LogP contribution >= 0.6 is 11.6 Å². The van der Waals surface area contributed by atoms with Gasteiger partial charge in [0, 0.05) is 0 Å². The van der Waals surface area contributed by atoms with Gasteiger partial charge in [0.15, 0.2) is 0 Å². The molecular formula is C11H10ClNO. The van der Waals surface area contributed by atoms with E-state index in [0.29, 0.717) is 23.0 Å². The minimum atomic E-state index is 0.398. The van der Waals surface area contributed by atoms with Gasteiger partial charge < -0.3 is 4.74 Å². The largest absolute Gasteiger partial charge is 0.492 e. The zero-order valence-corrected chi connectivity index (χ0v) is 8.64. The summed E-state index contributed by atoms with van der Waals surface area (Å²) in [5.41, 5.74) is 1.12. The van der Waals surface area contributed by atoms with Crippen molar-refractivity contribution in [3.8, 4) is 11.8 Å². The lowest BCUT2D eigenvalue weighted by molar-refractivity contribution is 0.340. The number of hydrogen-bond donors (Lipinski definition) is 0. The zero-order chi connectivity index (χ0) is 10.6. The van der Waals surface area contributed by atoms with E-state index >= 15 is 0 Å². The average molecular weight is 208 g/mol. The lowest BCUT2D eigenvalue weighted by Gasteiger charge is -2.06. The van der Waals surface area contributed by atoms with Gasteiger partial charge in [-0.1, -0.05) is 18.2 Å². The normalized spacial score (nSPS) is 9.21. The van der Waals surface area contributed by atoms with Crippen LogP contribution < -0.4 is 4.74 Å². The van der Waals surface area contributed by atoms with Gasteiger partial charge in [0.1, 0.15) is 5.75 Å². The molecule has 3 heteroatoms. The van der Waals surface area contributed by atoms with Crippen LogP contribution in [0, 0.1) is 11.3 Å². The quantitative estimate of drug-likeness (QED) is 0.713. The standard InChI is InChI=1S/C11H10ClNO/c1-3-14-11-5-4-9(6-10(11)12)8(2)7-13/h4-6H,2-3H2,1H3. The van der Waals surface area contributed by atoms with Crippen molar-refractivity contribution in [2.75, 3.05) is 6.61 Å². The molecule has 0 saturated heterocycles. The zero-order valence-electron chi connectivity index (χ0n) is 7.88. The van der Waals surface area contributed by atoms with Crippen LogP contribution in [-0.4, -0.2) is 6.61 Å². The van der Waals surface area contributed by atoms with Gasteiger partial charge in [-0.2, -0.15) is 5.26 Å². The summed E-state index contributed by atoms with van der Waals surface area (Å²) in [6.07, 6.45) is 0. The first-order valence-corrected chi connectivity index (χ1v) is 4.58. The topological polar surface area (TPSA) is 33.0 Å². The van der Waals surface area contributed by atoms with Gasteiger partial charge in [-0.05, 0) is 30.7 Å². The fraction of sp³-hybridized carbons (Fsp3) is 0.182. The summed E-state index contributed by atoms with van der Waals surface area (Å²) in [4.78, 5) is 0. The van der Waals surface area contributed by atoms with Crippen molar-refractivity contribution in [2.24, 2.45) is 0 Å². The first-order valence-electron chi connectivity index (χ1n) is 4.20. The molecule has 0 aliphatic carbocycles. The fourth-order valence-corrected chi connectivity index (χ4v) is 1.26. The average Bonchev–Trinajstić information content (AvgIpc) is 2.20. The highest BCUT2D eigenvalue weighted by molar-refractivity contribution is 6.32. The molecule has 0 amide bonds. The summed E-state index contributed by atoms with van der Waals surface area (Å²) < 4.78 is 5.26. The van der Waals surface area contributed by atoms with Crippen LogP contribution in [0.1, 0.15) is 12.5 Å². The molecule has 0 unspecified atom stereocenters. The summed E-state index contributed by atoms with van der Waals surface area (Å²) in [6.45, 7) is 6.05. The van der Waals surface area contributed by atoms with Gasteiger partial charge in [-0.3, -0.25) is 0 Å². The minimum absolute atomic E-state index is 0.398. The highest BCUT2D eigenvalue weighted by Gasteiger charge is 2.04. The molecular weight excluding hydrogens is 198 g/mol. The van der Waals surface area contributed by atoms with E-state index in [9.17, 15) is 0 Å². The molecule has 0 N–H and O–H groups in total. The van der Waals surface area contributed by atoms with Crippen molar-refractivity contribution in [3.63, 3.8) is 0 Å². The van der Waals surface area contributed by atoms with E-state index in [1.165, 1.54) is 0 Å².